The molecular formula is C28H25NO4. The number of rotatable bonds is 6. The van der Waals surface area contributed by atoms with Crippen LogP contribution in [0.4, 0.5) is 0 Å². The van der Waals surface area contributed by atoms with Gasteiger partial charge in [0.15, 0.2) is 0 Å². The molecule has 0 bridgehead atoms. The third-order valence-electron chi connectivity index (χ3n) is 5.74. The number of likely N-dealkylation sites (tertiary alicyclic amines) is 1. The fraction of sp³-hybridized carbons (Fsp3) is 0.214. The van der Waals surface area contributed by atoms with Crippen molar-refractivity contribution in [3.8, 4) is 11.8 Å². The van der Waals surface area contributed by atoms with Crippen LogP contribution in [-0.4, -0.2) is 47.2 Å². The van der Waals surface area contributed by atoms with Crippen LogP contribution in [0.15, 0.2) is 91.0 Å². The Morgan fingerprint density at radius 3 is 2.00 bits per heavy atom. The van der Waals surface area contributed by atoms with Crippen molar-refractivity contribution >= 4 is 11.9 Å². The van der Waals surface area contributed by atoms with E-state index in [-0.39, 0.29) is 31.6 Å². The minimum Gasteiger partial charge on any atom is -0.480 e. The Morgan fingerprint density at radius 1 is 0.909 bits per heavy atom. The molecule has 1 fully saturated rings. The first-order valence-electron chi connectivity index (χ1n) is 10.9. The fourth-order valence-electron chi connectivity index (χ4n) is 4.15. The Hall–Kier alpha value is -3.88. The predicted molar refractivity (Wildman–Crippen MR) is 126 cm³/mol. The molecule has 33 heavy (non-hydrogen) atoms. The Morgan fingerprint density at radius 2 is 1.45 bits per heavy atom. The van der Waals surface area contributed by atoms with Gasteiger partial charge in [0.1, 0.15) is 12.6 Å². The number of hydrogen-bond acceptors (Lipinski definition) is 3. The molecule has 1 saturated heterocycles. The van der Waals surface area contributed by atoms with Crippen LogP contribution < -0.4 is 0 Å². The number of benzene rings is 3. The van der Waals surface area contributed by atoms with E-state index in [4.69, 9.17) is 4.74 Å². The summed E-state index contributed by atoms with van der Waals surface area (Å²) in [4.78, 5) is 27.1. The topological polar surface area (TPSA) is 66.8 Å². The number of aliphatic carboxylic acids is 1. The van der Waals surface area contributed by atoms with Gasteiger partial charge in [0.2, 0.25) is 5.91 Å². The quantitative estimate of drug-likeness (QED) is 0.591. The lowest BCUT2D eigenvalue weighted by molar-refractivity contribution is -0.148. The molecule has 2 atom stereocenters. The van der Waals surface area contributed by atoms with Gasteiger partial charge in [-0.1, -0.05) is 90.7 Å². The molecule has 1 N–H and O–H groups in total. The fourth-order valence-corrected chi connectivity index (χ4v) is 4.15. The Balaban J connectivity index is 1.51. The molecule has 0 saturated carbocycles. The van der Waals surface area contributed by atoms with Crippen molar-refractivity contribution < 1.29 is 19.4 Å². The van der Waals surface area contributed by atoms with Gasteiger partial charge in [-0.3, -0.25) is 4.79 Å². The van der Waals surface area contributed by atoms with Crippen molar-refractivity contribution in [1.82, 2.24) is 4.90 Å². The summed E-state index contributed by atoms with van der Waals surface area (Å²) in [6.07, 6.45) is -0.142. The molecule has 1 aliphatic heterocycles. The van der Waals surface area contributed by atoms with Gasteiger partial charge in [-0.25, -0.2) is 4.79 Å². The van der Waals surface area contributed by atoms with E-state index in [1.165, 1.54) is 4.90 Å². The summed E-state index contributed by atoms with van der Waals surface area (Å²) in [5, 5.41) is 9.82. The van der Waals surface area contributed by atoms with Crippen LogP contribution in [0.5, 0.6) is 0 Å². The van der Waals surface area contributed by atoms with Gasteiger partial charge < -0.3 is 14.7 Å². The highest BCUT2D eigenvalue weighted by molar-refractivity contribution is 5.91. The van der Waals surface area contributed by atoms with Crippen molar-refractivity contribution in [3.05, 3.63) is 108 Å². The number of carboxylic acid groups (broad SMARTS) is 1. The van der Waals surface area contributed by atoms with Gasteiger partial charge in [0, 0.05) is 18.5 Å². The van der Waals surface area contributed by atoms with Gasteiger partial charge in [-0.15, -0.1) is 0 Å². The molecular weight excluding hydrogens is 414 g/mol. The Bertz CT molecular complexity index is 1100. The zero-order valence-electron chi connectivity index (χ0n) is 18.1. The molecule has 5 nitrogen and oxygen atoms in total. The summed E-state index contributed by atoms with van der Waals surface area (Å²) in [5.74, 6) is 4.16. The lowest BCUT2D eigenvalue weighted by atomic mass is 9.90. The second kappa shape index (κ2) is 10.6. The average Bonchev–Trinajstić information content (AvgIpc) is 3.29. The molecule has 3 aromatic carbocycles. The zero-order chi connectivity index (χ0) is 23.0. The number of carbonyl (C=O) groups is 2. The summed E-state index contributed by atoms with van der Waals surface area (Å²) in [7, 11) is 0. The maximum Gasteiger partial charge on any atom is 0.326 e. The molecule has 166 valence electrons. The molecule has 1 aliphatic rings. The molecule has 0 radical (unpaired) electrons. The number of carbonyl (C=O) groups excluding carboxylic acids is 1. The van der Waals surface area contributed by atoms with Gasteiger partial charge in [-0.05, 0) is 23.3 Å². The van der Waals surface area contributed by atoms with E-state index in [0.29, 0.717) is 0 Å². The van der Waals surface area contributed by atoms with Crippen LogP contribution in [0.2, 0.25) is 0 Å². The van der Waals surface area contributed by atoms with E-state index in [2.05, 4.69) is 11.8 Å². The molecule has 1 heterocycles. The van der Waals surface area contributed by atoms with Gasteiger partial charge >= 0.3 is 5.97 Å². The summed E-state index contributed by atoms with van der Waals surface area (Å²) < 4.78 is 5.85. The van der Waals surface area contributed by atoms with Crippen molar-refractivity contribution in [2.24, 2.45) is 0 Å². The number of carboxylic acids is 1. The average molecular weight is 440 g/mol. The largest absolute Gasteiger partial charge is 0.480 e. The lowest BCUT2D eigenvalue weighted by Crippen LogP contribution is -2.43. The molecule has 3 aromatic rings. The monoisotopic (exact) mass is 439 g/mol. The van der Waals surface area contributed by atoms with Crippen molar-refractivity contribution in [2.45, 2.75) is 24.5 Å². The van der Waals surface area contributed by atoms with E-state index in [0.717, 1.165) is 16.7 Å². The highest BCUT2D eigenvalue weighted by atomic mass is 16.5. The molecule has 2 unspecified atom stereocenters. The van der Waals surface area contributed by atoms with Gasteiger partial charge in [0.05, 0.1) is 12.0 Å². The Labute approximate surface area is 193 Å². The normalized spacial score (nSPS) is 17.4. The first-order valence-corrected chi connectivity index (χ1v) is 10.9. The van der Waals surface area contributed by atoms with Crippen LogP contribution in [0.25, 0.3) is 0 Å². The van der Waals surface area contributed by atoms with Crippen LogP contribution in [0.1, 0.15) is 29.0 Å². The van der Waals surface area contributed by atoms with E-state index >= 15 is 0 Å². The van der Waals surface area contributed by atoms with E-state index in [1.807, 2.05) is 91.0 Å². The maximum absolute atomic E-state index is 13.7. The minimum atomic E-state index is -1.02. The Kier molecular flexibility index (Phi) is 7.19. The lowest BCUT2D eigenvalue weighted by Gasteiger charge is -2.27. The second-order valence-corrected chi connectivity index (χ2v) is 7.94. The van der Waals surface area contributed by atoms with Gasteiger partial charge in [-0.2, -0.15) is 0 Å². The van der Waals surface area contributed by atoms with E-state index in [1.54, 1.807) is 0 Å². The van der Waals surface area contributed by atoms with Crippen molar-refractivity contribution in [1.29, 1.82) is 0 Å². The highest BCUT2D eigenvalue weighted by Crippen LogP contribution is 2.31. The zero-order valence-corrected chi connectivity index (χ0v) is 18.1. The number of nitrogens with zero attached hydrogens (tertiary/aromatic N) is 1. The maximum atomic E-state index is 13.7. The highest BCUT2D eigenvalue weighted by Gasteiger charge is 2.42. The van der Waals surface area contributed by atoms with Gasteiger partial charge in [0.25, 0.3) is 0 Å². The smallest absolute Gasteiger partial charge is 0.326 e. The van der Waals surface area contributed by atoms with Crippen LogP contribution >= 0.6 is 0 Å². The minimum absolute atomic E-state index is 0.175. The van der Waals surface area contributed by atoms with Crippen LogP contribution in [0, 0.1) is 11.8 Å². The summed E-state index contributed by atoms with van der Waals surface area (Å²) in [6, 6.07) is 27.6. The van der Waals surface area contributed by atoms with Crippen LogP contribution in [-0.2, 0) is 14.3 Å². The van der Waals surface area contributed by atoms with Crippen molar-refractivity contribution in [3.63, 3.8) is 0 Å². The predicted octanol–water partition coefficient (Wildman–Crippen LogP) is 3.94. The first kappa shape index (κ1) is 22.3. The molecule has 0 spiro atoms. The third kappa shape index (κ3) is 5.49. The first-order chi connectivity index (χ1) is 16.1. The molecule has 4 rings (SSSR count). The van der Waals surface area contributed by atoms with E-state index < -0.39 is 17.9 Å². The molecule has 5 heteroatoms. The molecule has 0 aromatic heterocycles. The molecule has 0 aliphatic carbocycles. The SMILES string of the molecule is O=C(O)C1CC(OCC#Cc2ccccc2)CN1C(=O)C(c1ccccc1)c1ccccc1. The number of hydrogen-bond donors (Lipinski definition) is 1. The summed E-state index contributed by atoms with van der Waals surface area (Å²) in [5.41, 5.74) is 2.55. The number of ether oxygens (including phenoxy) is 1. The summed E-state index contributed by atoms with van der Waals surface area (Å²) >= 11 is 0. The summed E-state index contributed by atoms with van der Waals surface area (Å²) in [6.45, 7) is 0.397. The second-order valence-electron chi connectivity index (χ2n) is 7.94. The standard InChI is InChI=1S/C28H25NO4/c30-27(26(22-14-6-2-7-15-22)23-16-8-3-9-17-23)29-20-24(19-25(29)28(31)32)33-18-10-13-21-11-4-1-5-12-21/h1-9,11-12,14-17,24-26H,18-20H2,(H,31,32). The van der Waals surface area contributed by atoms with Crippen LogP contribution in [0.3, 0.4) is 0 Å². The number of amides is 1. The third-order valence-corrected chi connectivity index (χ3v) is 5.74. The molecule has 1 amide bonds. The van der Waals surface area contributed by atoms with E-state index in [9.17, 15) is 14.7 Å². The van der Waals surface area contributed by atoms with Crippen molar-refractivity contribution in [2.75, 3.05) is 13.2 Å².